The first-order valence-corrected chi connectivity index (χ1v) is 9.69. The first-order chi connectivity index (χ1) is 13.0. The fourth-order valence-electron chi connectivity index (χ4n) is 3.08. The zero-order valence-corrected chi connectivity index (χ0v) is 15.6. The van der Waals surface area contributed by atoms with Gasteiger partial charge in [0.05, 0.1) is 12.5 Å². The number of nitrogens with zero attached hydrogens (tertiary/aromatic N) is 1. The first kappa shape index (κ1) is 18.9. The zero-order chi connectivity index (χ0) is 19.2. The van der Waals surface area contributed by atoms with Crippen LogP contribution in [-0.4, -0.2) is 35.8 Å². The SMILES string of the molecule is NC(=O)NC(CC(=O)Nc1ccc(C(=O)N2CCCC2)cc1)c1cccs1. The minimum absolute atomic E-state index is 0.0220. The van der Waals surface area contributed by atoms with Gasteiger partial charge in [-0.15, -0.1) is 11.3 Å². The highest BCUT2D eigenvalue weighted by atomic mass is 32.1. The lowest BCUT2D eigenvalue weighted by Crippen LogP contribution is -2.34. The van der Waals surface area contributed by atoms with E-state index in [2.05, 4.69) is 10.6 Å². The van der Waals surface area contributed by atoms with Crippen molar-refractivity contribution in [3.05, 3.63) is 52.2 Å². The average molecular weight is 386 g/mol. The third kappa shape index (κ3) is 5.07. The summed E-state index contributed by atoms with van der Waals surface area (Å²) >= 11 is 1.45. The second kappa shape index (κ2) is 8.68. The lowest BCUT2D eigenvalue weighted by Gasteiger charge is -2.17. The Balaban J connectivity index is 1.59. The van der Waals surface area contributed by atoms with Gasteiger partial charge in [-0.3, -0.25) is 9.59 Å². The summed E-state index contributed by atoms with van der Waals surface area (Å²) < 4.78 is 0. The summed E-state index contributed by atoms with van der Waals surface area (Å²) in [6.07, 6.45) is 2.16. The van der Waals surface area contributed by atoms with Crippen molar-refractivity contribution in [3.8, 4) is 0 Å². The first-order valence-electron chi connectivity index (χ1n) is 8.81. The van der Waals surface area contributed by atoms with E-state index in [1.54, 1.807) is 24.3 Å². The van der Waals surface area contributed by atoms with Crippen molar-refractivity contribution < 1.29 is 14.4 Å². The summed E-state index contributed by atoms with van der Waals surface area (Å²) in [6.45, 7) is 1.60. The van der Waals surface area contributed by atoms with Crippen LogP contribution in [0.3, 0.4) is 0 Å². The van der Waals surface area contributed by atoms with Gasteiger partial charge in [-0.25, -0.2) is 4.79 Å². The molecule has 1 aromatic carbocycles. The van der Waals surface area contributed by atoms with Crippen LogP contribution in [0.25, 0.3) is 0 Å². The molecule has 4 N–H and O–H groups in total. The minimum atomic E-state index is -0.675. The Labute approximate surface area is 161 Å². The van der Waals surface area contributed by atoms with Crippen LogP contribution in [0.2, 0.25) is 0 Å². The molecule has 4 amide bonds. The number of carbonyl (C=O) groups excluding carboxylic acids is 3. The summed E-state index contributed by atoms with van der Waals surface area (Å²) in [5.41, 5.74) is 6.42. The molecule has 0 saturated carbocycles. The van der Waals surface area contributed by atoms with Gasteiger partial charge in [0.2, 0.25) is 5.91 Å². The molecule has 3 rings (SSSR count). The van der Waals surface area contributed by atoms with Gasteiger partial charge in [-0.2, -0.15) is 0 Å². The molecule has 2 aromatic rings. The second-order valence-electron chi connectivity index (χ2n) is 6.41. The second-order valence-corrected chi connectivity index (χ2v) is 7.38. The molecule has 2 heterocycles. The third-order valence-electron chi connectivity index (χ3n) is 4.40. The summed E-state index contributed by atoms with van der Waals surface area (Å²) in [4.78, 5) is 38.6. The molecule has 0 bridgehead atoms. The van der Waals surface area contributed by atoms with E-state index in [4.69, 9.17) is 5.73 Å². The van der Waals surface area contributed by atoms with E-state index in [1.165, 1.54) is 11.3 Å². The third-order valence-corrected chi connectivity index (χ3v) is 5.39. The number of primary amides is 1. The number of amides is 4. The molecule has 1 unspecified atom stereocenters. The van der Waals surface area contributed by atoms with Gasteiger partial charge in [0, 0.05) is 29.2 Å². The maximum Gasteiger partial charge on any atom is 0.312 e. The van der Waals surface area contributed by atoms with E-state index < -0.39 is 12.1 Å². The van der Waals surface area contributed by atoms with Crippen LogP contribution >= 0.6 is 11.3 Å². The maximum atomic E-state index is 12.4. The Morgan fingerprint density at radius 3 is 2.41 bits per heavy atom. The van der Waals surface area contributed by atoms with E-state index in [-0.39, 0.29) is 18.2 Å². The van der Waals surface area contributed by atoms with Gasteiger partial charge < -0.3 is 21.3 Å². The maximum absolute atomic E-state index is 12.4. The monoisotopic (exact) mass is 386 g/mol. The molecule has 8 heteroatoms. The Morgan fingerprint density at radius 2 is 1.81 bits per heavy atom. The largest absolute Gasteiger partial charge is 0.352 e. The minimum Gasteiger partial charge on any atom is -0.352 e. The van der Waals surface area contributed by atoms with E-state index in [1.807, 2.05) is 22.4 Å². The average Bonchev–Trinajstić information content (AvgIpc) is 3.34. The smallest absolute Gasteiger partial charge is 0.312 e. The van der Waals surface area contributed by atoms with Gasteiger partial charge >= 0.3 is 6.03 Å². The van der Waals surface area contributed by atoms with Crippen molar-refractivity contribution in [2.24, 2.45) is 5.73 Å². The number of likely N-dealkylation sites (tertiary alicyclic amines) is 1. The normalized spacial score (nSPS) is 14.6. The van der Waals surface area contributed by atoms with Crippen molar-refractivity contribution in [2.75, 3.05) is 18.4 Å². The van der Waals surface area contributed by atoms with Crippen LogP contribution in [0.4, 0.5) is 10.5 Å². The number of thiophene rings is 1. The molecule has 1 fully saturated rings. The lowest BCUT2D eigenvalue weighted by atomic mass is 10.1. The summed E-state index contributed by atoms with van der Waals surface area (Å²) in [6, 6.07) is 9.40. The number of benzene rings is 1. The predicted octanol–water partition coefficient (Wildman–Crippen LogP) is 2.72. The molecular weight excluding hydrogens is 364 g/mol. The summed E-state index contributed by atoms with van der Waals surface area (Å²) in [7, 11) is 0. The van der Waals surface area contributed by atoms with Gasteiger partial charge in [-0.05, 0) is 48.6 Å². The topological polar surface area (TPSA) is 105 Å². The van der Waals surface area contributed by atoms with Crippen LogP contribution in [0, 0.1) is 0 Å². The van der Waals surface area contributed by atoms with Crippen LogP contribution < -0.4 is 16.4 Å². The number of nitrogens with two attached hydrogens (primary N) is 1. The van der Waals surface area contributed by atoms with Crippen molar-refractivity contribution in [1.29, 1.82) is 0 Å². The summed E-state index contributed by atoms with van der Waals surface area (Å²) in [5, 5.41) is 7.26. The molecule has 1 aliphatic heterocycles. The number of urea groups is 1. The fraction of sp³-hybridized carbons (Fsp3) is 0.316. The molecule has 0 spiro atoms. The number of nitrogens with one attached hydrogen (secondary N) is 2. The highest BCUT2D eigenvalue weighted by Gasteiger charge is 2.20. The van der Waals surface area contributed by atoms with Crippen molar-refractivity contribution >= 4 is 34.9 Å². The van der Waals surface area contributed by atoms with Gasteiger partial charge in [0.15, 0.2) is 0 Å². The molecule has 142 valence electrons. The Kier molecular flexibility index (Phi) is 6.08. The molecule has 0 radical (unpaired) electrons. The van der Waals surface area contributed by atoms with Crippen molar-refractivity contribution in [2.45, 2.75) is 25.3 Å². The molecular formula is C19H22N4O3S. The van der Waals surface area contributed by atoms with Crippen LogP contribution in [0.15, 0.2) is 41.8 Å². The molecule has 27 heavy (non-hydrogen) atoms. The van der Waals surface area contributed by atoms with Gasteiger partial charge in [0.25, 0.3) is 5.91 Å². The Bertz CT molecular complexity index is 799. The number of carbonyl (C=O) groups is 3. The van der Waals surface area contributed by atoms with Crippen LogP contribution in [0.5, 0.6) is 0 Å². The van der Waals surface area contributed by atoms with Crippen molar-refractivity contribution in [1.82, 2.24) is 10.2 Å². The predicted molar refractivity (Wildman–Crippen MR) is 105 cm³/mol. The lowest BCUT2D eigenvalue weighted by molar-refractivity contribution is -0.116. The zero-order valence-electron chi connectivity index (χ0n) is 14.8. The molecule has 1 aliphatic rings. The molecule has 1 atom stereocenters. The number of hydrogen-bond acceptors (Lipinski definition) is 4. The van der Waals surface area contributed by atoms with Crippen LogP contribution in [0.1, 0.15) is 40.5 Å². The van der Waals surface area contributed by atoms with Crippen LogP contribution in [-0.2, 0) is 4.79 Å². The quantitative estimate of drug-likeness (QED) is 0.711. The standard InChI is InChI=1S/C19H22N4O3S/c20-19(26)22-15(16-4-3-11-27-16)12-17(24)21-14-7-5-13(6-8-14)18(25)23-9-1-2-10-23/h3-8,11,15H,1-2,9-10,12H2,(H,21,24)(H3,20,22,26). The molecule has 1 saturated heterocycles. The van der Waals surface area contributed by atoms with Gasteiger partial charge in [-0.1, -0.05) is 6.07 Å². The Hall–Kier alpha value is -2.87. The van der Waals surface area contributed by atoms with E-state index in [0.717, 1.165) is 30.8 Å². The highest BCUT2D eigenvalue weighted by molar-refractivity contribution is 7.10. The Morgan fingerprint density at radius 1 is 1.11 bits per heavy atom. The summed E-state index contributed by atoms with van der Waals surface area (Å²) in [5.74, 6) is -0.227. The van der Waals surface area contributed by atoms with Gasteiger partial charge in [0.1, 0.15) is 0 Å². The molecule has 7 nitrogen and oxygen atoms in total. The number of rotatable bonds is 6. The highest BCUT2D eigenvalue weighted by Crippen LogP contribution is 2.23. The fourth-order valence-corrected chi connectivity index (χ4v) is 3.86. The number of anilines is 1. The molecule has 1 aromatic heterocycles. The van der Waals surface area contributed by atoms with Crippen molar-refractivity contribution in [3.63, 3.8) is 0 Å². The van der Waals surface area contributed by atoms with E-state index >= 15 is 0 Å². The number of hydrogen-bond donors (Lipinski definition) is 3. The van der Waals surface area contributed by atoms with E-state index in [9.17, 15) is 14.4 Å². The van der Waals surface area contributed by atoms with E-state index in [0.29, 0.717) is 11.3 Å². The molecule has 0 aliphatic carbocycles.